The molecule has 0 bridgehead atoms. The average molecular weight is 140 g/mol. The van der Waals surface area contributed by atoms with E-state index in [0.29, 0.717) is 0 Å². The van der Waals surface area contributed by atoms with Crippen LogP contribution in [0.5, 0.6) is 0 Å². The molecule has 2 N–H and O–H groups in total. The highest BCUT2D eigenvalue weighted by Crippen LogP contribution is 1.95. The zero-order chi connectivity index (χ0) is 7.23. The highest BCUT2D eigenvalue weighted by atomic mass is 15.3. The normalized spacial score (nSPS) is 9.70. The van der Waals surface area contributed by atoms with Crippen LogP contribution in [0.3, 0.4) is 0 Å². The van der Waals surface area contributed by atoms with Crippen LogP contribution in [0, 0.1) is 0 Å². The van der Waals surface area contributed by atoms with Gasteiger partial charge in [-0.1, -0.05) is 13.3 Å². The Morgan fingerprint density at radius 3 is 3.20 bits per heavy atom. The largest absolute Gasteiger partial charge is 0.367 e. The minimum atomic E-state index is 0.827. The van der Waals surface area contributed by atoms with E-state index in [0.717, 1.165) is 12.4 Å². The lowest BCUT2D eigenvalue weighted by Crippen LogP contribution is -2.00. The van der Waals surface area contributed by atoms with Crippen LogP contribution in [0.15, 0.2) is 6.20 Å². The van der Waals surface area contributed by atoms with Crippen LogP contribution in [0.2, 0.25) is 0 Å². The second kappa shape index (κ2) is 3.87. The fraction of sp³-hybridized carbons (Fsp3) is 0.667. The molecule has 4 heteroatoms. The van der Waals surface area contributed by atoms with Gasteiger partial charge in [-0.2, -0.15) is 10.3 Å². The number of anilines is 1. The zero-order valence-electron chi connectivity index (χ0n) is 6.09. The van der Waals surface area contributed by atoms with Crippen molar-refractivity contribution in [3.63, 3.8) is 0 Å². The van der Waals surface area contributed by atoms with Crippen molar-refractivity contribution in [1.29, 1.82) is 0 Å². The van der Waals surface area contributed by atoms with Crippen LogP contribution in [-0.4, -0.2) is 22.0 Å². The Morgan fingerprint density at radius 2 is 2.60 bits per heavy atom. The summed E-state index contributed by atoms with van der Waals surface area (Å²) in [5, 5.41) is 13.2. The lowest BCUT2D eigenvalue weighted by atomic mass is 10.3. The Kier molecular flexibility index (Phi) is 2.73. The maximum Gasteiger partial charge on any atom is 0.168 e. The summed E-state index contributed by atoms with van der Waals surface area (Å²) in [6.07, 6.45) is 4.05. The standard InChI is InChI=1S/C6H12N4/c1-2-3-4-7-6-5-8-10-9-6/h5H,2-4H2,1H3,(H2,7,8,9,10). The first kappa shape index (κ1) is 7.05. The summed E-state index contributed by atoms with van der Waals surface area (Å²) in [6, 6.07) is 0. The summed E-state index contributed by atoms with van der Waals surface area (Å²) in [6.45, 7) is 3.13. The lowest BCUT2D eigenvalue weighted by molar-refractivity contribution is 0.829. The first-order valence-electron chi connectivity index (χ1n) is 3.53. The molecule has 0 radical (unpaired) electrons. The van der Waals surface area contributed by atoms with Gasteiger partial charge in [-0.05, 0) is 6.42 Å². The first-order valence-corrected chi connectivity index (χ1v) is 3.53. The quantitative estimate of drug-likeness (QED) is 0.614. The van der Waals surface area contributed by atoms with Crippen molar-refractivity contribution in [3.05, 3.63) is 6.20 Å². The molecule has 0 unspecified atom stereocenters. The zero-order valence-corrected chi connectivity index (χ0v) is 6.09. The molecule has 0 amide bonds. The van der Waals surface area contributed by atoms with Crippen molar-refractivity contribution in [1.82, 2.24) is 15.4 Å². The molecular formula is C6H12N4. The van der Waals surface area contributed by atoms with Crippen LogP contribution < -0.4 is 5.32 Å². The third-order valence-corrected chi connectivity index (χ3v) is 1.25. The Balaban J connectivity index is 2.15. The number of rotatable bonds is 4. The number of nitrogens with one attached hydrogen (secondary N) is 2. The van der Waals surface area contributed by atoms with E-state index in [1.54, 1.807) is 6.20 Å². The third kappa shape index (κ3) is 2.05. The monoisotopic (exact) mass is 140 g/mol. The lowest BCUT2D eigenvalue weighted by Gasteiger charge is -1.97. The van der Waals surface area contributed by atoms with Crippen molar-refractivity contribution < 1.29 is 0 Å². The van der Waals surface area contributed by atoms with Gasteiger partial charge in [-0.3, -0.25) is 0 Å². The van der Waals surface area contributed by atoms with Crippen LogP contribution in [0.25, 0.3) is 0 Å². The molecule has 0 aromatic carbocycles. The van der Waals surface area contributed by atoms with Crippen molar-refractivity contribution in [2.75, 3.05) is 11.9 Å². The van der Waals surface area contributed by atoms with E-state index in [4.69, 9.17) is 0 Å². The molecule has 1 rings (SSSR count). The SMILES string of the molecule is CCCCNc1cn[nH]n1. The molecule has 0 atom stereocenters. The molecule has 0 aliphatic heterocycles. The van der Waals surface area contributed by atoms with E-state index < -0.39 is 0 Å². The van der Waals surface area contributed by atoms with Gasteiger partial charge in [0.15, 0.2) is 5.82 Å². The van der Waals surface area contributed by atoms with Crippen molar-refractivity contribution in [2.24, 2.45) is 0 Å². The maximum atomic E-state index is 3.84. The van der Waals surface area contributed by atoms with E-state index in [9.17, 15) is 0 Å². The molecule has 1 heterocycles. The number of nitrogens with zero attached hydrogens (tertiary/aromatic N) is 2. The number of unbranched alkanes of at least 4 members (excludes halogenated alkanes) is 1. The summed E-state index contributed by atoms with van der Waals surface area (Å²) in [4.78, 5) is 0. The molecule has 56 valence electrons. The predicted octanol–water partition coefficient (Wildman–Crippen LogP) is 1.02. The fourth-order valence-corrected chi connectivity index (χ4v) is 0.680. The van der Waals surface area contributed by atoms with Gasteiger partial charge in [0.2, 0.25) is 0 Å². The first-order chi connectivity index (χ1) is 4.93. The van der Waals surface area contributed by atoms with Gasteiger partial charge in [-0.15, -0.1) is 5.10 Å². The predicted molar refractivity (Wildman–Crippen MR) is 39.8 cm³/mol. The van der Waals surface area contributed by atoms with Crippen LogP contribution >= 0.6 is 0 Å². The van der Waals surface area contributed by atoms with E-state index in [2.05, 4.69) is 27.7 Å². The number of aromatic amines is 1. The number of hydrogen-bond donors (Lipinski definition) is 2. The van der Waals surface area contributed by atoms with Gasteiger partial charge < -0.3 is 5.32 Å². The average Bonchev–Trinajstić information content (AvgIpc) is 2.41. The Bertz CT molecular complexity index is 158. The molecule has 0 aliphatic rings. The van der Waals surface area contributed by atoms with Gasteiger partial charge in [-0.25, -0.2) is 0 Å². The van der Waals surface area contributed by atoms with E-state index in [1.807, 2.05) is 0 Å². The highest BCUT2D eigenvalue weighted by Gasteiger charge is 1.90. The number of H-pyrrole nitrogens is 1. The van der Waals surface area contributed by atoms with Gasteiger partial charge in [0.05, 0.1) is 6.20 Å². The van der Waals surface area contributed by atoms with Gasteiger partial charge in [0.1, 0.15) is 0 Å². The van der Waals surface area contributed by atoms with Crippen LogP contribution in [-0.2, 0) is 0 Å². The van der Waals surface area contributed by atoms with E-state index in [1.165, 1.54) is 12.8 Å². The van der Waals surface area contributed by atoms with Crippen molar-refractivity contribution in [3.8, 4) is 0 Å². The summed E-state index contributed by atoms with van der Waals surface area (Å²) < 4.78 is 0. The summed E-state index contributed by atoms with van der Waals surface area (Å²) >= 11 is 0. The second-order valence-electron chi connectivity index (χ2n) is 2.14. The smallest absolute Gasteiger partial charge is 0.168 e. The van der Waals surface area contributed by atoms with Crippen LogP contribution in [0.4, 0.5) is 5.82 Å². The van der Waals surface area contributed by atoms with Gasteiger partial charge in [0.25, 0.3) is 0 Å². The maximum absolute atomic E-state index is 3.84. The topological polar surface area (TPSA) is 53.6 Å². The molecular weight excluding hydrogens is 128 g/mol. The van der Waals surface area contributed by atoms with Gasteiger partial charge >= 0.3 is 0 Å². The Morgan fingerprint density at radius 1 is 1.70 bits per heavy atom. The molecule has 1 aromatic heterocycles. The molecule has 0 saturated carbocycles. The molecule has 0 aliphatic carbocycles. The van der Waals surface area contributed by atoms with E-state index >= 15 is 0 Å². The molecule has 0 spiro atoms. The number of hydrogen-bond acceptors (Lipinski definition) is 3. The van der Waals surface area contributed by atoms with E-state index in [-0.39, 0.29) is 0 Å². The molecule has 4 nitrogen and oxygen atoms in total. The summed E-state index contributed by atoms with van der Waals surface area (Å²) in [5.74, 6) is 0.827. The van der Waals surface area contributed by atoms with Crippen LogP contribution in [0.1, 0.15) is 19.8 Å². The molecule has 10 heavy (non-hydrogen) atoms. The molecule has 0 fully saturated rings. The third-order valence-electron chi connectivity index (χ3n) is 1.25. The Labute approximate surface area is 60.0 Å². The van der Waals surface area contributed by atoms with Crippen molar-refractivity contribution >= 4 is 5.82 Å². The second-order valence-corrected chi connectivity index (χ2v) is 2.14. The minimum Gasteiger partial charge on any atom is -0.367 e. The van der Waals surface area contributed by atoms with Crippen molar-refractivity contribution in [2.45, 2.75) is 19.8 Å². The Hall–Kier alpha value is -1.06. The molecule has 1 aromatic rings. The minimum absolute atomic E-state index is 0.827. The summed E-state index contributed by atoms with van der Waals surface area (Å²) in [7, 11) is 0. The fourth-order valence-electron chi connectivity index (χ4n) is 0.680. The molecule has 0 saturated heterocycles. The number of aromatic nitrogens is 3. The summed E-state index contributed by atoms with van der Waals surface area (Å²) in [5.41, 5.74) is 0. The highest BCUT2D eigenvalue weighted by molar-refractivity contribution is 5.27. The van der Waals surface area contributed by atoms with Gasteiger partial charge in [0, 0.05) is 6.54 Å².